The van der Waals surface area contributed by atoms with Gasteiger partial charge in [0.2, 0.25) is 0 Å². The molecule has 188 valence electrons. The predicted octanol–water partition coefficient (Wildman–Crippen LogP) is 5.16. The summed E-state index contributed by atoms with van der Waals surface area (Å²) in [5, 5.41) is 2.90. The lowest BCUT2D eigenvalue weighted by Crippen LogP contribution is -2.39. The average Bonchev–Trinajstić information content (AvgIpc) is 2.90. The van der Waals surface area contributed by atoms with Gasteiger partial charge in [-0.2, -0.15) is 0 Å². The van der Waals surface area contributed by atoms with Gasteiger partial charge in [0.1, 0.15) is 23.9 Å². The third kappa shape index (κ3) is 5.52. The first kappa shape index (κ1) is 25.3. The summed E-state index contributed by atoms with van der Waals surface area (Å²) in [6.45, 7) is 9.08. The van der Waals surface area contributed by atoms with Crippen molar-refractivity contribution in [2.75, 3.05) is 20.5 Å². The van der Waals surface area contributed by atoms with Crippen molar-refractivity contribution in [3.05, 3.63) is 88.2 Å². The van der Waals surface area contributed by atoms with E-state index in [-0.39, 0.29) is 12.7 Å². The fourth-order valence-electron chi connectivity index (χ4n) is 4.10. The number of ether oxygens (including phenoxy) is 4. The minimum Gasteiger partial charge on any atom is -0.489 e. The molecule has 7 heteroatoms. The maximum Gasteiger partial charge on any atom is 0.253 e. The smallest absolute Gasteiger partial charge is 0.253 e. The monoisotopic (exact) mass is 488 g/mol. The van der Waals surface area contributed by atoms with E-state index < -0.39 is 5.60 Å². The Labute approximate surface area is 212 Å². The number of carbonyl (C=O) groups excluding carboxylic acids is 1. The number of nitrogens with zero attached hydrogens (tertiary/aromatic N) is 1. The molecule has 0 bridgehead atoms. The highest BCUT2D eigenvalue weighted by Crippen LogP contribution is 2.42. The Balaban J connectivity index is 1.38. The number of fused-ring (bicyclic) bond motifs is 1. The SMILES string of the molecule is COCOc1c(C)c(C)c2c(c1C)C=CC(C)(COc1ccc(CNC(=O)c3cccnc3)cc1)O2. The first-order chi connectivity index (χ1) is 17.3. The Kier molecular flexibility index (Phi) is 7.60. The van der Waals surface area contributed by atoms with Gasteiger partial charge in [0.05, 0.1) is 5.56 Å². The molecule has 0 spiro atoms. The summed E-state index contributed by atoms with van der Waals surface area (Å²) in [5.41, 5.74) is 4.99. The van der Waals surface area contributed by atoms with Crippen LogP contribution in [0.25, 0.3) is 6.08 Å². The van der Waals surface area contributed by atoms with Crippen LogP contribution in [-0.4, -0.2) is 37.0 Å². The number of benzene rings is 2. The second kappa shape index (κ2) is 10.8. The van der Waals surface area contributed by atoms with Gasteiger partial charge < -0.3 is 24.3 Å². The van der Waals surface area contributed by atoms with Crippen LogP contribution >= 0.6 is 0 Å². The summed E-state index contributed by atoms with van der Waals surface area (Å²) in [7, 11) is 1.61. The lowest BCUT2D eigenvalue weighted by atomic mass is 9.92. The molecule has 4 rings (SSSR count). The van der Waals surface area contributed by atoms with Crippen molar-refractivity contribution in [3.8, 4) is 17.2 Å². The number of hydrogen-bond acceptors (Lipinski definition) is 6. The number of aromatic nitrogens is 1. The van der Waals surface area contributed by atoms with Crippen molar-refractivity contribution in [3.63, 3.8) is 0 Å². The fraction of sp³-hybridized carbons (Fsp3) is 0.310. The Hall–Kier alpha value is -3.84. The number of rotatable bonds is 9. The highest BCUT2D eigenvalue weighted by atomic mass is 16.7. The summed E-state index contributed by atoms with van der Waals surface area (Å²) in [6.07, 6.45) is 7.30. The third-order valence-corrected chi connectivity index (χ3v) is 6.32. The zero-order valence-corrected chi connectivity index (χ0v) is 21.4. The molecule has 0 fully saturated rings. The summed E-state index contributed by atoms with van der Waals surface area (Å²) in [5.74, 6) is 2.26. The molecule has 1 unspecified atom stereocenters. The molecule has 1 aliphatic rings. The van der Waals surface area contributed by atoms with Gasteiger partial charge in [0.25, 0.3) is 5.91 Å². The van der Waals surface area contributed by atoms with E-state index in [4.69, 9.17) is 18.9 Å². The van der Waals surface area contributed by atoms with Gasteiger partial charge in [-0.05, 0) is 74.7 Å². The summed E-state index contributed by atoms with van der Waals surface area (Å²) in [6, 6.07) is 11.1. The van der Waals surface area contributed by atoms with Crippen molar-refractivity contribution in [2.45, 2.75) is 39.8 Å². The van der Waals surface area contributed by atoms with Crippen LogP contribution < -0.4 is 19.5 Å². The van der Waals surface area contributed by atoms with Crippen LogP contribution in [0.1, 0.15) is 45.1 Å². The second-order valence-corrected chi connectivity index (χ2v) is 9.10. The van der Waals surface area contributed by atoms with Gasteiger partial charge in [-0.15, -0.1) is 0 Å². The molecule has 1 amide bonds. The number of pyridine rings is 1. The second-order valence-electron chi connectivity index (χ2n) is 9.10. The van der Waals surface area contributed by atoms with Crippen molar-refractivity contribution in [2.24, 2.45) is 0 Å². The predicted molar refractivity (Wildman–Crippen MR) is 139 cm³/mol. The van der Waals surface area contributed by atoms with E-state index in [0.717, 1.165) is 45.1 Å². The van der Waals surface area contributed by atoms with E-state index in [1.165, 1.54) is 0 Å². The summed E-state index contributed by atoms with van der Waals surface area (Å²) in [4.78, 5) is 16.2. The first-order valence-electron chi connectivity index (χ1n) is 11.8. The molecule has 0 saturated heterocycles. The highest BCUT2D eigenvalue weighted by molar-refractivity contribution is 5.93. The van der Waals surface area contributed by atoms with Gasteiger partial charge >= 0.3 is 0 Å². The molecule has 1 aromatic heterocycles. The molecular weight excluding hydrogens is 456 g/mol. The largest absolute Gasteiger partial charge is 0.489 e. The van der Waals surface area contributed by atoms with Crippen LogP contribution in [0.3, 0.4) is 0 Å². The maximum absolute atomic E-state index is 12.2. The normalized spacial score (nSPS) is 16.1. The number of methoxy groups -OCH3 is 1. The molecular formula is C29H32N2O5. The van der Waals surface area contributed by atoms with Crippen molar-refractivity contribution < 1.29 is 23.7 Å². The standard InChI is InChI=1S/C29H32N2O5/c1-19-20(2)27-25(21(3)26(19)35-18-33-5)12-13-29(4,36-27)17-34-24-10-8-22(9-11-24)15-31-28(32)23-7-6-14-30-16-23/h6-14,16H,15,17-18H2,1-5H3,(H,31,32). The van der Waals surface area contributed by atoms with E-state index >= 15 is 0 Å². The van der Waals surface area contributed by atoms with Gasteiger partial charge in [0, 0.05) is 37.2 Å². The number of amides is 1. The Bertz CT molecular complexity index is 1260. The lowest BCUT2D eigenvalue weighted by molar-refractivity contribution is 0.0494. The molecule has 36 heavy (non-hydrogen) atoms. The first-order valence-corrected chi connectivity index (χ1v) is 11.8. The molecule has 1 atom stereocenters. The van der Waals surface area contributed by atoms with Crippen LogP contribution in [-0.2, 0) is 11.3 Å². The number of nitrogens with one attached hydrogen (secondary N) is 1. The average molecular weight is 489 g/mol. The third-order valence-electron chi connectivity index (χ3n) is 6.32. The Morgan fingerprint density at radius 2 is 1.83 bits per heavy atom. The van der Waals surface area contributed by atoms with Crippen LogP contribution in [0.4, 0.5) is 0 Å². The Morgan fingerprint density at radius 1 is 1.06 bits per heavy atom. The van der Waals surface area contributed by atoms with Crippen molar-refractivity contribution in [1.29, 1.82) is 0 Å². The molecule has 1 aliphatic heterocycles. The molecule has 2 aromatic carbocycles. The lowest BCUT2D eigenvalue weighted by Gasteiger charge is -2.34. The van der Waals surface area contributed by atoms with Crippen LogP contribution in [0.2, 0.25) is 0 Å². The van der Waals surface area contributed by atoms with Gasteiger partial charge in [-0.1, -0.05) is 18.2 Å². The molecule has 3 aromatic rings. The number of carbonyl (C=O) groups is 1. The molecule has 0 saturated carbocycles. The molecule has 2 heterocycles. The van der Waals surface area contributed by atoms with E-state index in [1.807, 2.05) is 58.0 Å². The van der Waals surface area contributed by atoms with E-state index in [1.54, 1.807) is 31.6 Å². The van der Waals surface area contributed by atoms with Crippen LogP contribution in [0.5, 0.6) is 17.2 Å². The highest BCUT2D eigenvalue weighted by Gasteiger charge is 2.32. The van der Waals surface area contributed by atoms with Crippen molar-refractivity contribution >= 4 is 12.0 Å². The van der Waals surface area contributed by atoms with E-state index in [9.17, 15) is 4.79 Å². The van der Waals surface area contributed by atoms with E-state index in [2.05, 4.69) is 16.4 Å². The molecule has 1 N–H and O–H groups in total. The quantitative estimate of drug-likeness (QED) is 0.419. The van der Waals surface area contributed by atoms with Gasteiger partial charge in [-0.3, -0.25) is 9.78 Å². The van der Waals surface area contributed by atoms with Crippen LogP contribution in [0, 0.1) is 20.8 Å². The summed E-state index contributed by atoms with van der Waals surface area (Å²) >= 11 is 0. The van der Waals surface area contributed by atoms with Crippen molar-refractivity contribution in [1.82, 2.24) is 10.3 Å². The summed E-state index contributed by atoms with van der Waals surface area (Å²) < 4.78 is 23.5. The zero-order valence-electron chi connectivity index (χ0n) is 21.4. The van der Waals surface area contributed by atoms with Gasteiger partial charge in [-0.25, -0.2) is 0 Å². The maximum atomic E-state index is 12.2. The number of hydrogen-bond donors (Lipinski definition) is 1. The minimum atomic E-state index is -0.623. The zero-order chi connectivity index (χ0) is 25.7. The topological polar surface area (TPSA) is 78.9 Å². The fourth-order valence-corrected chi connectivity index (χ4v) is 4.10. The van der Waals surface area contributed by atoms with E-state index in [0.29, 0.717) is 18.7 Å². The molecule has 7 nitrogen and oxygen atoms in total. The van der Waals surface area contributed by atoms with Gasteiger partial charge in [0.15, 0.2) is 12.4 Å². The molecule has 0 aliphatic carbocycles. The van der Waals surface area contributed by atoms with Crippen LogP contribution in [0.15, 0.2) is 54.9 Å². The Morgan fingerprint density at radius 3 is 2.53 bits per heavy atom. The molecule has 0 radical (unpaired) electrons. The minimum absolute atomic E-state index is 0.156.